The Kier molecular flexibility index (Phi) is 2.58. The normalized spacial score (nSPS) is 16.5. The molecular weight excluding hydrogens is 188 g/mol. The molecule has 78 valence electrons. The van der Waals surface area contributed by atoms with Gasteiger partial charge in [0, 0.05) is 6.08 Å². The molecule has 0 heterocycles. The largest absolute Gasteiger partial charge is 0.466 e. The first kappa shape index (κ1) is 9.97. The van der Waals surface area contributed by atoms with Gasteiger partial charge in [-0.3, -0.25) is 0 Å². The Balaban J connectivity index is 2.44. The van der Waals surface area contributed by atoms with E-state index in [0.717, 1.165) is 18.4 Å². The lowest BCUT2D eigenvalue weighted by Gasteiger charge is -2.04. The SMILES string of the molecule is COC(=O)/C=C1/CCc2cccc(C)c21. The molecule has 0 atom stereocenters. The summed E-state index contributed by atoms with van der Waals surface area (Å²) in [6.07, 6.45) is 3.58. The van der Waals surface area contributed by atoms with Gasteiger partial charge in [0.05, 0.1) is 7.11 Å². The van der Waals surface area contributed by atoms with Crippen LogP contribution in [0.15, 0.2) is 24.3 Å². The number of carbonyl (C=O) groups excluding carboxylic acids is 1. The van der Waals surface area contributed by atoms with Crippen LogP contribution in [0, 0.1) is 6.92 Å². The van der Waals surface area contributed by atoms with Crippen LogP contribution in [0.1, 0.15) is 23.1 Å². The molecule has 0 saturated carbocycles. The van der Waals surface area contributed by atoms with Gasteiger partial charge >= 0.3 is 5.97 Å². The fourth-order valence-electron chi connectivity index (χ4n) is 2.14. The van der Waals surface area contributed by atoms with Crippen LogP contribution in [0.4, 0.5) is 0 Å². The average molecular weight is 202 g/mol. The monoisotopic (exact) mass is 202 g/mol. The summed E-state index contributed by atoms with van der Waals surface area (Å²) in [5.74, 6) is -0.263. The number of esters is 1. The second-order valence-electron chi connectivity index (χ2n) is 3.80. The van der Waals surface area contributed by atoms with Crippen LogP contribution < -0.4 is 0 Å². The van der Waals surface area contributed by atoms with Crippen molar-refractivity contribution in [1.29, 1.82) is 0 Å². The number of allylic oxidation sites excluding steroid dienone is 1. The van der Waals surface area contributed by atoms with Crippen LogP contribution in [-0.2, 0) is 16.0 Å². The number of fused-ring (bicyclic) bond motifs is 1. The lowest BCUT2D eigenvalue weighted by Crippen LogP contribution is -1.96. The highest BCUT2D eigenvalue weighted by atomic mass is 16.5. The molecule has 2 rings (SSSR count). The number of hydrogen-bond acceptors (Lipinski definition) is 2. The van der Waals surface area contributed by atoms with Gasteiger partial charge in [-0.15, -0.1) is 0 Å². The van der Waals surface area contributed by atoms with Crippen molar-refractivity contribution >= 4 is 11.5 Å². The lowest BCUT2D eigenvalue weighted by molar-refractivity contribution is -0.134. The summed E-state index contributed by atoms with van der Waals surface area (Å²) < 4.78 is 4.65. The Morgan fingerprint density at radius 1 is 1.40 bits per heavy atom. The van der Waals surface area contributed by atoms with Crippen LogP contribution in [-0.4, -0.2) is 13.1 Å². The van der Waals surface area contributed by atoms with Gasteiger partial charge in [-0.1, -0.05) is 18.2 Å². The van der Waals surface area contributed by atoms with Crippen molar-refractivity contribution in [3.8, 4) is 0 Å². The zero-order valence-corrected chi connectivity index (χ0v) is 9.04. The molecule has 0 amide bonds. The first-order valence-corrected chi connectivity index (χ1v) is 5.09. The van der Waals surface area contributed by atoms with Crippen molar-refractivity contribution in [3.63, 3.8) is 0 Å². The Morgan fingerprint density at radius 2 is 2.20 bits per heavy atom. The number of aryl methyl sites for hydroxylation is 2. The Hall–Kier alpha value is -1.57. The molecule has 0 aliphatic heterocycles. The van der Waals surface area contributed by atoms with Gasteiger partial charge in [-0.25, -0.2) is 4.79 Å². The van der Waals surface area contributed by atoms with E-state index < -0.39 is 0 Å². The molecule has 1 aromatic carbocycles. The first-order valence-electron chi connectivity index (χ1n) is 5.09. The maximum Gasteiger partial charge on any atom is 0.330 e. The molecule has 0 N–H and O–H groups in total. The van der Waals surface area contributed by atoms with Crippen LogP contribution in [0.3, 0.4) is 0 Å². The highest BCUT2D eigenvalue weighted by Crippen LogP contribution is 2.34. The third-order valence-electron chi connectivity index (χ3n) is 2.84. The summed E-state index contributed by atoms with van der Waals surface area (Å²) in [5, 5.41) is 0. The van der Waals surface area contributed by atoms with Gasteiger partial charge in [-0.05, 0) is 42.0 Å². The van der Waals surface area contributed by atoms with E-state index in [1.807, 2.05) is 0 Å². The van der Waals surface area contributed by atoms with Crippen molar-refractivity contribution in [3.05, 3.63) is 41.0 Å². The third kappa shape index (κ3) is 1.80. The predicted molar refractivity (Wildman–Crippen MR) is 59.5 cm³/mol. The van der Waals surface area contributed by atoms with Gasteiger partial charge in [-0.2, -0.15) is 0 Å². The van der Waals surface area contributed by atoms with Crippen LogP contribution in [0.25, 0.3) is 5.57 Å². The number of methoxy groups -OCH3 is 1. The molecule has 0 unspecified atom stereocenters. The minimum absolute atomic E-state index is 0.263. The van der Waals surface area contributed by atoms with E-state index in [1.165, 1.54) is 23.8 Å². The highest BCUT2D eigenvalue weighted by molar-refractivity contribution is 5.93. The first-order chi connectivity index (χ1) is 7.22. The van der Waals surface area contributed by atoms with Gasteiger partial charge in [0.25, 0.3) is 0 Å². The summed E-state index contributed by atoms with van der Waals surface area (Å²) in [4.78, 5) is 11.2. The van der Waals surface area contributed by atoms with Crippen molar-refractivity contribution in [2.75, 3.05) is 7.11 Å². The Morgan fingerprint density at radius 3 is 2.93 bits per heavy atom. The predicted octanol–water partition coefficient (Wildman–Crippen LogP) is 2.50. The van der Waals surface area contributed by atoms with E-state index in [9.17, 15) is 4.79 Å². The van der Waals surface area contributed by atoms with Gasteiger partial charge in [0.2, 0.25) is 0 Å². The van der Waals surface area contributed by atoms with E-state index in [1.54, 1.807) is 6.08 Å². The lowest BCUT2D eigenvalue weighted by atomic mass is 10.0. The minimum atomic E-state index is -0.263. The van der Waals surface area contributed by atoms with Crippen LogP contribution in [0.5, 0.6) is 0 Å². The Bertz CT molecular complexity index is 430. The molecular formula is C13H14O2. The van der Waals surface area contributed by atoms with Gasteiger partial charge in [0.1, 0.15) is 0 Å². The number of rotatable bonds is 1. The van der Waals surface area contributed by atoms with E-state index in [-0.39, 0.29) is 5.97 Å². The molecule has 0 radical (unpaired) electrons. The topological polar surface area (TPSA) is 26.3 Å². The second-order valence-corrected chi connectivity index (χ2v) is 3.80. The van der Waals surface area contributed by atoms with Crippen molar-refractivity contribution in [1.82, 2.24) is 0 Å². The molecule has 2 heteroatoms. The van der Waals surface area contributed by atoms with Gasteiger partial charge in [0.15, 0.2) is 0 Å². The fraction of sp³-hybridized carbons (Fsp3) is 0.308. The molecule has 2 nitrogen and oxygen atoms in total. The summed E-state index contributed by atoms with van der Waals surface area (Å²) in [7, 11) is 1.41. The number of ether oxygens (including phenoxy) is 1. The summed E-state index contributed by atoms with van der Waals surface area (Å²) in [6.45, 7) is 2.08. The zero-order chi connectivity index (χ0) is 10.8. The van der Waals surface area contributed by atoms with Crippen molar-refractivity contribution < 1.29 is 9.53 Å². The molecule has 0 fully saturated rings. The molecule has 1 aromatic rings. The van der Waals surface area contributed by atoms with E-state index >= 15 is 0 Å². The zero-order valence-electron chi connectivity index (χ0n) is 9.04. The molecule has 0 spiro atoms. The highest BCUT2D eigenvalue weighted by Gasteiger charge is 2.18. The summed E-state index contributed by atoms with van der Waals surface area (Å²) in [5.41, 5.74) is 4.92. The van der Waals surface area contributed by atoms with E-state index in [2.05, 4.69) is 29.9 Å². The average Bonchev–Trinajstić information content (AvgIpc) is 2.63. The van der Waals surface area contributed by atoms with Crippen LogP contribution >= 0.6 is 0 Å². The van der Waals surface area contributed by atoms with Crippen LogP contribution in [0.2, 0.25) is 0 Å². The number of hydrogen-bond donors (Lipinski definition) is 0. The number of benzene rings is 1. The number of carbonyl (C=O) groups is 1. The van der Waals surface area contributed by atoms with Crippen molar-refractivity contribution in [2.45, 2.75) is 19.8 Å². The molecule has 1 aliphatic carbocycles. The second kappa shape index (κ2) is 3.89. The summed E-state index contributed by atoms with van der Waals surface area (Å²) in [6, 6.07) is 6.27. The molecule has 15 heavy (non-hydrogen) atoms. The molecule has 0 saturated heterocycles. The van der Waals surface area contributed by atoms with E-state index in [4.69, 9.17) is 0 Å². The maximum absolute atomic E-state index is 11.2. The summed E-state index contributed by atoms with van der Waals surface area (Å²) >= 11 is 0. The molecule has 1 aliphatic rings. The Labute approximate surface area is 89.6 Å². The van der Waals surface area contributed by atoms with Gasteiger partial charge < -0.3 is 4.74 Å². The molecule has 0 bridgehead atoms. The fourth-order valence-corrected chi connectivity index (χ4v) is 2.14. The van der Waals surface area contributed by atoms with Crippen molar-refractivity contribution in [2.24, 2.45) is 0 Å². The van der Waals surface area contributed by atoms with E-state index in [0.29, 0.717) is 0 Å². The quantitative estimate of drug-likeness (QED) is 0.516. The standard InChI is InChI=1S/C13H14O2/c1-9-4-3-5-10-6-7-11(13(9)10)8-12(14)15-2/h3-5,8H,6-7H2,1-2H3/b11-8-. The smallest absolute Gasteiger partial charge is 0.330 e. The minimum Gasteiger partial charge on any atom is -0.466 e. The third-order valence-corrected chi connectivity index (χ3v) is 2.84. The maximum atomic E-state index is 11.2. The molecule has 0 aromatic heterocycles.